The number of rotatable bonds is 3. The Morgan fingerprint density at radius 2 is 2.14 bits per heavy atom. The van der Waals surface area contributed by atoms with Gasteiger partial charge in [-0.15, -0.1) is 6.42 Å². The van der Waals surface area contributed by atoms with Gasteiger partial charge in [0.05, 0.1) is 5.56 Å². The molecule has 1 rings (SSSR count). The number of para-hydroxylation sites is 1. The zero-order valence-corrected chi connectivity index (χ0v) is 7.91. The predicted octanol–water partition coefficient (Wildman–Crippen LogP) is 1.65. The Kier molecular flexibility index (Phi) is 4.14. The van der Waals surface area contributed by atoms with E-state index >= 15 is 0 Å². The second kappa shape index (κ2) is 5.70. The lowest BCUT2D eigenvalue weighted by Gasteiger charge is -2.05. The normalized spacial score (nSPS) is 8.29. The Morgan fingerprint density at radius 3 is 2.86 bits per heavy atom. The highest BCUT2D eigenvalue weighted by Crippen LogP contribution is 2.16. The summed E-state index contributed by atoms with van der Waals surface area (Å²) in [6.45, 7) is 0.203. The van der Waals surface area contributed by atoms with Gasteiger partial charge in [0.2, 0.25) is 0 Å². The lowest BCUT2D eigenvalue weighted by atomic mass is 10.2. The van der Waals surface area contributed by atoms with Crippen LogP contribution in [-0.2, 0) is 4.74 Å². The molecular weight excluding hydrogens is 176 g/mol. The SMILES string of the molecule is C#CC#Cc1ccccc1OCOC. The van der Waals surface area contributed by atoms with Gasteiger partial charge in [-0.2, -0.15) is 0 Å². The van der Waals surface area contributed by atoms with Crippen molar-refractivity contribution in [3.63, 3.8) is 0 Å². The molecule has 0 spiro atoms. The number of benzene rings is 1. The summed E-state index contributed by atoms with van der Waals surface area (Å²) in [5, 5.41) is 0. The van der Waals surface area contributed by atoms with Crippen LogP contribution < -0.4 is 4.74 Å². The molecule has 2 heteroatoms. The van der Waals surface area contributed by atoms with Crippen molar-refractivity contribution in [2.24, 2.45) is 0 Å². The molecule has 70 valence electrons. The number of terminal acetylenes is 1. The Bertz CT molecular complexity index is 391. The van der Waals surface area contributed by atoms with Crippen LogP contribution in [0.2, 0.25) is 0 Å². The average molecular weight is 186 g/mol. The summed E-state index contributed by atoms with van der Waals surface area (Å²) in [6.07, 6.45) is 5.04. The summed E-state index contributed by atoms with van der Waals surface area (Å²) in [5.74, 6) is 8.27. The number of hydrogen-bond acceptors (Lipinski definition) is 2. The highest BCUT2D eigenvalue weighted by atomic mass is 16.7. The number of methoxy groups -OCH3 is 1. The standard InChI is InChI=1S/C12H10O2/c1-3-4-7-11-8-5-6-9-12(11)14-10-13-2/h1,5-6,8-9H,10H2,2H3. The van der Waals surface area contributed by atoms with Crippen molar-refractivity contribution in [1.29, 1.82) is 0 Å². The molecule has 0 radical (unpaired) electrons. The van der Waals surface area contributed by atoms with Gasteiger partial charge in [-0.05, 0) is 29.9 Å². The first kappa shape index (κ1) is 10.2. The maximum atomic E-state index is 5.29. The van der Waals surface area contributed by atoms with Crippen LogP contribution in [0.1, 0.15) is 5.56 Å². The fourth-order valence-electron chi connectivity index (χ4n) is 0.922. The van der Waals surface area contributed by atoms with Crippen LogP contribution in [0, 0.1) is 24.2 Å². The van der Waals surface area contributed by atoms with Crippen molar-refractivity contribution in [3.05, 3.63) is 29.8 Å². The largest absolute Gasteiger partial charge is 0.466 e. The monoisotopic (exact) mass is 186 g/mol. The second-order valence-electron chi connectivity index (χ2n) is 2.44. The number of hydrogen-bond donors (Lipinski definition) is 0. The van der Waals surface area contributed by atoms with E-state index in [-0.39, 0.29) is 6.79 Å². The summed E-state index contributed by atoms with van der Waals surface area (Å²) in [5.41, 5.74) is 0.766. The van der Waals surface area contributed by atoms with E-state index in [4.69, 9.17) is 15.9 Å². The molecular formula is C12H10O2. The maximum absolute atomic E-state index is 5.29. The lowest BCUT2D eigenvalue weighted by Crippen LogP contribution is -2.00. The molecule has 0 aliphatic rings. The molecule has 2 nitrogen and oxygen atoms in total. The second-order valence-corrected chi connectivity index (χ2v) is 2.44. The first-order chi connectivity index (χ1) is 6.88. The van der Waals surface area contributed by atoms with Gasteiger partial charge in [-0.25, -0.2) is 0 Å². The lowest BCUT2D eigenvalue weighted by molar-refractivity contribution is 0.0509. The molecule has 0 unspecified atom stereocenters. The topological polar surface area (TPSA) is 18.5 Å². The summed E-state index contributed by atoms with van der Waals surface area (Å²) in [6, 6.07) is 7.40. The van der Waals surface area contributed by atoms with Crippen LogP contribution in [0.15, 0.2) is 24.3 Å². The minimum Gasteiger partial charge on any atom is -0.466 e. The molecule has 0 amide bonds. The molecule has 0 bridgehead atoms. The van der Waals surface area contributed by atoms with Crippen LogP contribution in [0.25, 0.3) is 0 Å². The average Bonchev–Trinajstić information content (AvgIpc) is 2.24. The molecule has 0 fully saturated rings. The zero-order valence-electron chi connectivity index (χ0n) is 7.91. The van der Waals surface area contributed by atoms with E-state index in [1.807, 2.05) is 24.3 Å². The Balaban J connectivity index is 2.87. The van der Waals surface area contributed by atoms with Gasteiger partial charge < -0.3 is 9.47 Å². The van der Waals surface area contributed by atoms with Crippen molar-refractivity contribution < 1.29 is 9.47 Å². The van der Waals surface area contributed by atoms with E-state index < -0.39 is 0 Å². The molecule has 0 aliphatic carbocycles. The van der Waals surface area contributed by atoms with E-state index in [1.165, 1.54) is 0 Å². The van der Waals surface area contributed by atoms with E-state index in [2.05, 4.69) is 17.8 Å². The highest BCUT2D eigenvalue weighted by molar-refractivity contribution is 5.48. The van der Waals surface area contributed by atoms with Crippen LogP contribution in [0.4, 0.5) is 0 Å². The van der Waals surface area contributed by atoms with Crippen LogP contribution in [0.3, 0.4) is 0 Å². The van der Waals surface area contributed by atoms with Gasteiger partial charge in [-0.3, -0.25) is 0 Å². The first-order valence-corrected chi connectivity index (χ1v) is 4.06. The third-order valence-corrected chi connectivity index (χ3v) is 1.49. The molecule has 0 atom stereocenters. The van der Waals surface area contributed by atoms with Crippen LogP contribution in [-0.4, -0.2) is 13.9 Å². The van der Waals surface area contributed by atoms with Gasteiger partial charge in [0.1, 0.15) is 5.75 Å². The van der Waals surface area contributed by atoms with E-state index in [9.17, 15) is 0 Å². The Labute approximate surface area is 83.8 Å². The maximum Gasteiger partial charge on any atom is 0.188 e. The minimum atomic E-state index is 0.203. The van der Waals surface area contributed by atoms with Gasteiger partial charge in [-0.1, -0.05) is 12.1 Å². The molecule has 0 N–H and O–H groups in total. The van der Waals surface area contributed by atoms with Gasteiger partial charge in [0, 0.05) is 7.11 Å². The minimum absolute atomic E-state index is 0.203. The molecule has 14 heavy (non-hydrogen) atoms. The molecule has 0 aromatic heterocycles. The molecule has 0 aliphatic heterocycles. The van der Waals surface area contributed by atoms with Crippen molar-refractivity contribution >= 4 is 0 Å². The molecule has 0 saturated heterocycles. The van der Waals surface area contributed by atoms with Crippen molar-refractivity contribution in [2.45, 2.75) is 0 Å². The quantitative estimate of drug-likeness (QED) is 0.528. The van der Waals surface area contributed by atoms with Crippen LogP contribution in [0.5, 0.6) is 5.75 Å². The van der Waals surface area contributed by atoms with E-state index in [1.54, 1.807) is 7.11 Å². The fraction of sp³-hybridized carbons (Fsp3) is 0.167. The zero-order chi connectivity index (χ0) is 10.2. The first-order valence-electron chi connectivity index (χ1n) is 4.06. The summed E-state index contributed by atoms with van der Waals surface area (Å²) < 4.78 is 10.1. The van der Waals surface area contributed by atoms with Crippen molar-refractivity contribution in [3.8, 4) is 29.9 Å². The summed E-state index contributed by atoms with van der Waals surface area (Å²) >= 11 is 0. The number of ether oxygens (including phenoxy) is 2. The summed E-state index contributed by atoms with van der Waals surface area (Å²) in [4.78, 5) is 0. The molecule has 0 saturated carbocycles. The van der Waals surface area contributed by atoms with Crippen molar-refractivity contribution in [1.82, 2.24) is 0 Å². The molecule has 1 aromatic rings. The third kappa shape index (κ3) is 2.86. The summed E-state index contributed by atoms with van der Waals surface area (Å²) in [7, 11) is 1.57. The predicted molar refractivity (Wildman–Crippen MR) is 54.7 cm³/mol. The highest BCUT2D eigenvalue weighted by Gasteiger charge is 1.98. The molecule has 1 aromatic carbocycles. The molecule has 0 heterocycles. The third-order valence-electron chi connectivity index (χ3n) is 1.49. The van der Waals surface area contributed by atoms with Crippen molar-refractivity contribution in [2.75, 3.05) is 13.9 Å². The Hall–Kier alpha value is -1.90. The van der Waals surface area contributed by atoms with Gasteiger partial charge in [0.15, 0.2) is 6.79 Å². The van der Waals surface area contributed by atoms with E-state index in [0.29, 0.717) is 5.75 Å². The smallest absolute Gasteiger partial charge is 0.188 e. The van der Waals surface area contributed by atoms with E-state index in [0.717, 1.165) is 5.56 Å². The van der Waals surface area contributed by atoms with Gasteiger partial charge in [0.25, 0.3) is 0 Å². The fourth-order valence-corrected chi connectivity index (χ4v) is 0.922. The van der Waals surface area contributed by atoms with Crippen LogP contribution >= 0.6 is 0 Å². The van der Waals surface area contributed by atoms with Gasteiger partial charge >= 0.3 is 0 Å². The Morgan fingerprint density at radius 1 is 1.36 bits per heavy atom.